The molecule has 1 aromatic heterocycles. The van der Waals surface area contributed by atoms with Crippen molar-refractivity contribution < 1.29 is 14.6 Å². The molecule has 1 aliphatic rings. The Kier molecular flexibility index (Phi) is 3.83. The number of phenols is 1. The molecule has 1 saturated heterocycles. The lowest BCUT2D eigenvalue weighted by molar-refractivity contribution is -0.106. The van der Waals surface area contributed by atoms with Crippen LogP contribution >= 0.6 is 0 Å². The van der Waals surface area contributed by atoms with Crippen molar-refractivity contribution in [1.82, 2.24) is 4.98 Å². The number of ether oxygens (including phenoxy) is 2. The SMILES string of the molecule is Oc1ccc(-c2ccc(OC3CCCCO3)cn2)cc1. The fourth-order valence-electron chi connectivity index (χ4n) is 2.21. The van der Waals surface area contributed by atoms with Gasteiger partial charge in [0.05, 0.1) is 18.5 Å². The zero-order valence-corrected chi connectivity index (χ0v) is 11.2. The van der Waals surface area contributed by atoms with E-state index in [1.54, 1.807) is 18.3 Å². The molecule has 1 aromatic carbocycles. The van der Waals surface area contributed by atoms with Crippen molar-refractivity contribution in [2.24, 2.45) is 0 Å². The van der Waals surface area contributed by atoms with Crippen molar-refractivity contribution in [3.05, 3.63) is 42.6 Å². The number of nitrogens with zero attached hydrogens (tertiary/aromatic N) is 1. The topological polar surface area (TPSA) is 51.6 Å². The number of phenolic OH excluding ortho intramolecular Hbond substituents is 1. The predicted octanol–water partition coefficient (Wildman–Crippen LogP) is 3.36. The van der Waals surface area contributed by atoms with Crippen molar-refractivity contribution in [1.29, 1.82) is 0 Å². The number of pyridine rings is 1. The van der Waals surface area contributed by atoms with E-state index in [2.05, 4.69) is 4.98 Å². The third-order valence-electron chi connectivity index (χ3n) is 3.30. The van der Waals surface area contributed by atoms with Crippen LogP contribution in [-0.4, -0.2) is 23.0 Å². The molecule has 0 spiro atoms. The summed E-state index contributed by atoms with van der Waals surface area (Å²) in [6, 6.07) is 10.8. The molecule has 1 atom stereocenters. The van der Waals surface area contributed by atoms with E-state index in [-0.39, 0.29) is 12.0 Å². The van der Waals surface area contributed by atoms with Crippen LogP contribution in [0.3, 0.4) is 0 Å². The first-order valence-corrected chi connectivity index (χ1v) is 6.85. The smallest absolute Gasteiger partial charge is 0.199 e. The Bertz CT molecular complexity index is 545. The molecule has 1 fully saturated rings. The van der Waals surface area contributed by atoms with Gasteiger partial charge in [0, 0.05) is 12.0 Å². The number of rotatable bonds is 3. The molecule has 3 rings (SSSR count). The Balaban J connectivity index is 1.69. The molecule has 0 amide bonds. The Morgan fingerprint density at radius 3 is 2.60 bits per heavy atom. The molecule has 0 aliphatic carbocycles. The number of aromatic hydroxyl groups is 1. The first-order valence-electron chi connectivity index (χ1n) is 6.85. The van der Waals surface area contributed by atoms with E-state index < -0.39 is 0 Å². The number of hydrogen-bond acceptors (Lipinski definition) is 4. The lowest BCUT2D eigenvalue weighted by Gasteiger charge is -2.23. The van der Waals surface area contributed by atoms with Gasteiger partial charge in [0.25, 0.3) is 0 Å². The second-order valence-electron chi connectivity index (χ2n) is 4.84. The van der Waals surface area contributed by atoms with E-state index in [4.69, 9.17) is 9.47 Å². The van der Waals surface area contributed by atoms with E-state index in [1.807, 2.05) is 24.3 Å². The zero-order valence-electron chi connectivity index (χ0n) is 11.2. The van der Waals surface area contributed by atoms with Gasteiger partial charge in [0.15, 0.2) is 6.29 Å². The zero-order chi connectivity index (χ0) is 13.8. The van der Waals surface area contributed by atoms with Crippen LogP contribution in [0.4, 0.5) is 0 Å². The van der Waals surface area contributed by atoms with Crippen molar-refractivity contribution in [3.63, 3.8) is 0 Å². The first kappa shape index (κ1) is 12.9. The molecule has 20 heavy (non-hydrogen) atoms. The molecular weight excluding hydrogens is 254 g/mol. The molecule has 2 heterocycles. The molecule has 2 aromatic rings. The van der Waals surface area contributed by atoms with Crippen molar-refractivity contribution >= 4 is 0 Å². The van der Waals surface area contributed by atoms with Gasteiger partial charge in [-0.1, -0.05) is 0 Å². The summed E-state index contributed by atoms with van der Waals surface area (Å²) < 4.78 is 11.3. The van der Waals surface area contributed by atoms with Crippen LogP contribution in [-0.2, 0) is 4.74 Å². The average molecular weight is 271 g/mol. The lowest BCUT2D eigenvalue weighted by atomic mass is 10.1. The Labute approximate surface area is 118 Å². The van der Waals surface area contributed by atoms with E-state index in [0.29, 0.717) is 0 Å². The minimum Gasteiger partial charge on any atom is -0.508 e. The summed E-state index contributed by atoms with van der Waals surface area (Å²) in [5.74, 6) is 0.975. The van der Waals surface area contributed by atoms with E-state index in [1.165, 1.54) is 0 Å². The summed E-state index contributed by atoms with van der Waals surface area (Å²) in [5.41, 5.74) is 1.81. The van der Waals surface area contributed by atoms with Crippen molar-refractivity contribution in [3.8, 4) is 22.8 Å². The van der Waals surface area contributed by atoms with E-state index >= 15 is 0 Å². The highest BCUT2D eigenvalue weighted by molar-refractivity contribution is 5.60. The van der Waals surface area contributed by atoms with Gasteiger partial charge in [-0.2, -0.15) is 0 Å². The van der Waals surface area contributed by atoms with Crippen molar-refractivity contribution in [2.45, 2.75) is 25.6 Å². The summed E-state index contributed by atoms with van der Waals surface area (Å²) >= 11 is 0. The summed E-state index contributed by atoms with van der Waals surface area (Å²) in [6.45, 7) is 0.768. The maximum atomic E-state index is 9.28. The highest BCUT2D eigenvalue weighted by atomic mass is 16.7. The molecule has 1 unspecified atom stereocenters. The summed E-state index contributed by atoms with van der Waals surface area (Å²) in [5, 5.41) is 9.28. The number of benzene rings is 1. The Hall–Kier alpha value is -2.07. The minimum atomic E-state index is -0.148. The fraction of sp³-hybridized carbons (Fsp3) is 0.312. The van der Waals surface area contributed by atoms with Gasteiger partial charge >= 0.3 is 0 Å². The predicted molar refractivity (Wildman–Crippen MR) is 75.6 cm³/mol. The molecule has 1 aliphatic heterocycles. The third kappa shape index (κ3) is 3.08. The van der Waals surface area contributed by atoms with Crippen LogP contribution in [0, 0.1) is 0 Å². The van der Waals surface area contributed by atoms with Crippen LogP contribution in [0.25, 0.3) is 11.3 Å². The Morgan fingerprint density at radius 1 is 1.10 bits per heavy atom. The van der Waals surface area contributed by atoms with Crippen LogP contribution in [0.1, 0.15) is 19.3 Å². The maximum Gasteiger partial charge on any atom is 0.199 e. The van der Waals surface area contributed by atoms with E-state index in [0.717, 1.165) is 42.9 Å². The van der Waals surface area contributed by atoms with Gasteiger partial charge in [0.1, 0.15) is 11.5 Å². The molecule has 4 nitrogen and oxygen atoms in total. The van der Waals surface area contributed by atoms with Gasteiger partial charge in [-0.15, -0.1) is 0 Å². The largest absolute Gasteiger partial charge is 0.508 e. The van der Waals surface area contributed by atoms with Crippen LogP contribution in [0.2, 0.25) is 0 Å². The molecule has 0 saturated carbocycles. The van der Waals surface area contributed by atoms with Gasteiger partial charge in [-0.3, -0.25) is 4.98 Å². The van der Waals surface area contributed by atoms with E-state index in [9.17, 15) is 5.11 Å². The van der Waals surface area contributed by atoms with Crippen molar-refractivity contribution in [2.75, 3.05) is 6.61 Å². The molecule has 1 N–H and O–H groups in total. The summed E-state index contributed by atoms with van der Waals surface area (Å²) in [7, 11) is 0. The van der Waals surface area contributed by atoms with Gasteiger partial charge in [0.2, 0.25) is 0 Å². The second-order valence-corrected chi connectivity index (χ2v) is 4.84. The minimum absolute atomic E-state index is 0.148. The maximum absolute atomic E-state index is 9.28. The molecule has 4 heteroatoms. The molecular formula is C16H17NO3. The summed E-state index contributed by atoms with van der Waals surface area (Å²) in [6.07, 6.45) is 4.74. The van der Waals surface area contributed by atoms with Crippen LogP contribution in [0.15, 0.2) is 42.6 Å². The number of hydrogen-bond donors (Lipinski definition) is 1. The van der Waals surface area contributed by atoms with Gasteiger partial charge in [-0.25, -0.2) is 0 Å². The van der Waals surface area contributed by atoms with Gasteiger partial charge in [-0.05, 0) is 49.2 Å². The Morgan fingerprint density at radius 2 is 1.95 bits per heavy atom. The highest BCUT2D eigenvalue weighted by Crippen LogP contribution is 2.23. The summed E-state index contributed by atoms with van der Waals surface area (Å²) in [4.78, 5) is 4.38. The van der Waals surface area contributed by atoms with Gasteiger partial charge < -0.3 is 14.6 Å². The fourth-order valence-corrected chi connectivity index (χ4v) is 2.21. The third-order valence-corrected chi connectivity index (χ3v) is 3.30. The second kappa shape index (κ2) is 5.92. The highest BCUT2D eigenvalue weighted by Gasteiger charge is 2.15. The molecule has 0 radical (unpaired) electrons. The first-order chi connectivity index (χ1) is 9.81. The standard InChI is InChI=1S/C16H17NO3/c18-13-6-4-12(5-7-13)15-9-8-14(11-17-15)20-16-3-1-2-10-19-16/h4-9,11,16,18H,1-3,10H2. The average Bonchev–Trinajstić information content (AvgIpc) is 2.50. The monoisotopic (exact) mass is 271 g/mol. The molecule has 0 bridgehead atoms. The van der Waals surface area contributed by atoms with Crippen LogP contribution < -0.4 is 4.74 Å². The van der Waals surface area contributed by atoms with Crippen LogP contribution in [0.5, 0.6) is 11.5 Å². The normalized spacial score (nSPS) is 18.7. The quantitative estimate of drug-likeness (QED) is 0.930. The molecule has 104 valence electrons. The number of aromatic nitrogens is 1. The lowest BCUT2D eigenvalue weighted by Crippen LogP contribution is -2.24.